The zero-order chi connectivity index (χ0) is 23.3. The predicted molar refractivity (Wildman–Crippen MR) is 126 cm³/mol. The molecule has 0 saturated carbocycles. The lowest BCUT2D eigenvalue weighted by molar-refractivity contribution is -0.150. The molecule has 1 heterocycles. The number of carbonyl (C=O) groups excluding carboxylic acids is 1. The molecule has 0 aliphatic rings. The fourth-order valence-electron chi connectivity index (χ4n) is 2.99. The first-order valence-corrected chi connectivity index (χ1v) is 11.0. The van der Waals surface area contributed by atoms with Gasteiger partial charge < -0.3 is 14.2 Å². The molecule has 3 rings (SSSR count). The van der Waals surface area contributed by atoms with E-state index in [-0.39, 0.29) is 12.2 Å². The van der Waals surface area contributed by atoms with Gasteiger partial charge in [-0.3, -0.25) is 4.79 Å². The fourth-order valence-corrected chi connectivity index (χ4v) is 3.35. The van der Waals surface area contributed by atoms with Gasteiger partial charge in [-0.25, -0.2) is 9.78 Å². The molecule has 0 fully saturated rings. The molecule has 0 saturated heterocycles. The number of halogens is 1. The van der Waals surface area contributed by atoms with Gasteiger partial charge in [0.2, 0.25) is 0 Å². The third kappa shape index (κ3) is 5.34. The molecule has 0 bridgehead atoms. The molecule has 1 aromatic heterocycles. The molecule has 2 aromatic carbocycles. The largest absolute Gasteiger partial charge is 0.490 e. The summed E-state index contributed by atoms with van der Waals surface area (Å²) >= 11 is 3.38. The second-order valence-corrected chi connectivity index (χ2v) is 7.75. The Morgan fingerprint density at radius 3 is 2.69 bits per heavy atom. The number of hydrogen-bond acceptors (Lipinski definition) is 7. The molecule has 0 aliphatic carbocycles. The summed E-state index contributed by atoms with van der Waals surface area (Å²) in [4.78, 5) is 29.2. The Morgan fingerprint density at radius 2 is 1.97 bits per heavy atom. The van der Waals surface area contributed by atoms with Crippen LogP contribution >= 0.6 is 15.9 Å². The molecular formula is C23H24BrN3O5. The van der Waals surface area contributed by atoms with Crippen molar-refractivity contribution in [2.75, 3.05) is 13.2 Å². The molecular weight excluding hydrogens is 478 g/mol. The second kappa shape index (κ2) is 10.4. The first-order valence-electron chi connectivity index (χ1n) is 10.2. The van der Waals surface area contributed by atoms with E-state index in [1.165, 1.54) is 4.68 Å². The number of fused-ring (bicyclic) bond motifs is 1. The summed E-state index contributed by atoms with van der Waals surface area (Å²) in [6, 6.07) is 10.5. The van der Waals surface area contributed by atoms with E-state index in [1.807, 2.05) is 13.0 Å². The number of esters is 1. The average Bonchev–Trinajstić information content (AvgIpc) is 2.76. The third-order valence-corrected chi connectivity index (χ3v) is 4.98. The highest BCUT2D eigenvalue weighted by Crippen LogP contribution is 2.29. The van der Waals surface area contributed by atoms with E-state index in [0.717, 1.165) is 4.47 Å². The summed E-state index contributed by atoms with van der Waals surface area (Å²) in [6.45, 7) is 7.61. The molecule has 168 valence electrons. The molecule has 32 heavy (non-hydrogen) atoms. The molecule has 9 heteroatoms. The Hall–Kier alpha value is -3.20. The lowest BCUT2D eigenvalue weighted by Gasteiger charge is -2.16. The second-order valence-electron chi connectivity index (χ2n) is 6.83. The van der Waals surface area contributed by atoms with E-state index >= 15 is 0 Å². The smallest absolute Gasteiger partial charge is 0.347 e. The van der Waals surface area contributed by atoms with E-state index in [0.29, 0.717) is 40.4 Å². The van der Waals surface area contributed by atoms with Gasteiger partial charge in [-0.2, -0.15) is 9.78 Å². The van der Waals surface area contributed by atoms with Gasteiger partial charge in [0.05, 0.1) is 30.3 Å². The Morgan fingerprint density at radius 1 is 1.19 bits per heavy atom. The fraction of sp³-hybridized carbons (Fsp3) is 0.304. The molecule has 0 N–H and O–H groups in total. The Kier molecular flexibility index (Phi) is 7.63. The maximum Gasteiger partial charge on any atom is 0.347 e. The van der Waals surface area contributed by atoms with Crippen LogP contribution in [0.1, 0.15) is 32.2 Å². The number of nitrogens with zero attached hydrogens (tertiary/aromatic N) is 3. The quantitative estimate of drug-likeness (QED) is 0.341. The van der Waals surface area contributed by atoms with Gasteiger partial charge in [-0.05, 0) is 69.7 Å². The minimum atomic E-state index is -0.780. The first kappa shape index (κ1) is 23.5. The van der Waals surface area contributed by atoms with Crippen molar-refractivity contribution in [2.24, 2.45) is 5.10 Å². The molecule has 0 spiro atoms. The summed E-state index contributed by atoms with van der Waals surface area (Å²) in [7, 11) is 0. The standard InChI is InChI=1S/C23H24BrN3O5/c1-5-30-21-11-16(7-10-20(21)32-14(3)23(29)31-6-2)13-25-27-15(4)26-19-9-8-17(24)12-18(19)22(27)28/h7-14H,5-6H2,1-4H3/t14-/m0/s1. The molecule has 1 atom stereocenters. The van der Waals surface area contributed by atoms with Gasteiger partial charge in [0.25, 0.3) is 5.56 Å². The van der Waals surface area contributed by atoms with Crippen LogP contribution < -0.4 is 15.0 Å². The Bertz CT molecular complexity index is 1220. The lowest BCUT2D eigenvalue weighted by atomic mass is 10.2. The van der Waals surface area contributed by atoms with Crippen LogP contribution in [0, 0.1) is 6.92 Å². The zero-order valence-corrected chi connectivity index (χ0v) is 19.9. The third-order valence-electron chi connectivity index (χ3n) is 4.48. The van der Waals surface area contributed by atoms with Crippen molar-refractivity contribution in [1.82, 2.24) is 9.66 Å². The summed E-state index contributed by atoms with van der Waals surface area (Å²) in [5.74, 6) is 0.882. The van der Waals surface area contributed by atoms with Crippen molar-refractivity contribution in [3.63, 3.8) is 0 Å². The van der Waals surface area contributed by atoms with Gasteiger partial charge in [-0.15, -0.1) is 0 Å². The number of aryl methyl sites for hydroxylation is 1. The average molecular weight is 502 g/mol. The highest BCUT2D eigenvalue weighted by molar-refractivity contribution is 9.10. The minimum Gasteiger partial charge on any atom is -0.490 e. The molecule has 0 unspecified atom stereocenters. The summed E-state index contributed by atoms with van der Waals surface area (Å²) in [6.07, 6.45) is 0.763. The van der Waals surface area contributed by atoms with Crippen LogP contribution in [0.2, 0.25) is 0 Å². The summed E-state index contributed by atoms with van der Waals surface area (Å²) in [5, 5.41) is 4.80. The molecule has 0 amide bonds. The van der Waals surface area contributed by atoms with Gasteiger partial charge in [0.1, 0.15) is 5.82 Å². The maximum atomic E-state index is 12.9. The SMILES string of the molecule is CCOC(=O)[C@H](C)Oc1ccc(C=Nn2c(C)nc3ccc(Br)cc3c2=O)cc1OCC. The Balaban J connectivity index is 1.91. The van der Waals surface area contributed by atoms with Crippen molar-refractivity contribution in [3.05, 3.63) is 62.6 Å². The number of aromatic nitrogens is 2. The van der Waals surface area contributed by atoms with Crippen LogP contribution in [-0.4, -0.2) is 41.2 Å². The molecule has 3 aromatic rings. The topological polar surface area (TPSA) is 92.0 Å². The highest BCUT2D eigenvalue weighted by Gasteiger charge is 2.18. The lowest BCUT2D eigenvalue weighted by Crippen LogP contribution is -2.26. The normalized spacial score (nSPS) is 12.2. The number of ether oxygens (including phenoxy) is 3. The molecule has 8 nitrogen and oxygen atoms in total. The number of hydrogen-bond donors (Lipinski definition) is 0. The first-order chi connectivity index (χ1) is 15.3. The van der Waals surface area contributed by atoms with Crippen LogP contribution in [0.3, 0.4) is 0 Å². The number of rotatable bonds is 8. The van der Waals surface area contributed by atoms with Gasteiger partial charge in [0, 0.05) is 4.47 Å². The minimum absolute atomic E-state index is 0.265. The van der Waals surface area contributed by atoms with Gasteiger partial charge in [-0.1, -0.05) is 15.9 Å². The maximum absolute atomic E-state index is 12.9. The van der Waals surface area contributed by atoms with Crippen LogP contribution in [0.4, 0.5) is 0 Å². The van der Waals surface area contributed by atoms with E-state index < -0.39 is 12.1 Å². The number of benzene rings is 2. The van der Waals surface area contributed by atoms with Crippen molar-refractivity contribution in [1.29, 1.82) is 0 Å². The van der Waals surface area contributed by atoms with E-state index in [2.05, 4.69) is 26.0 Å². The highest BCUT2D eigenvalue weighted by atomic mass is 79.9. The molecule has 0 radical (unpaired) electrons. The monoisotopic (exact) mass is 501 g/mol. The molecule has 0 aliphatic heterocycles. The van der Waals surface area contributed by atoms with Crippen LogP contribution in [-0.2, 0) is 9.53 Å². The van der Waals surface area contributed by atoms with Crippen molar-refractivity contribution in [2.45, 2.75) is 33.8 Å². The summed E-state index contributed by atoms with van der Waals surface area (Å²) < 4.78 is 18.4. The van der Waals surface area contributed by atoms with Crippen molar-refractivity contribution >= 4 is 39.0 Å². The van der Waals surface area contributed by atoms with E-state index in [1.54, 1.807) is 57.3 Å². The van der Waals surface area contributed by atoms with Crippen molar-refractivity contribution < 1.29 is 19.0 Å². The van der Waals surface area contributed by atoms with Crippen LogP contribution in [0.25, 0.3) is 10.9 Å². The van der Waals surface area contributed by atoms with Gasteiger partial charge in [0.15, 0.2) is 17.6 Å². The van der Waals surface area contributed by atoms with Crippen LogP contribution in [0.5, 0.6) is 11.5 Å². The van der Waals surface area contributed by atoms with Crippen LogP contribution in [0.15, 0.2) is 50.8 Å². The zero-order valence-electron chi connectivity index (χ0n) is 18.3. The van der Waals surface area contributed by atoms with E-state index in [4.69, 9.17) is 14.2 Å². The van der Waals surface area contributed by atoms with Gasteiger partial charge >= 0.3 is 5.97 Å². The summed E-state index contributed by atoms with van der Waals surface area (Å²) in [5.41, 5.74) is 1.03. The Labute approximate surface area is 194 Å². The predicted octanol–water partition coefficient (Wildman–Crippen LogP) is 4.08. The van der Waals surface area contributed by atoms with Crippen molar-refractivity contribution in [3.8, 4) is 11.5 Å². The number of carbonyl (C=O) groups is 1. The van der Waals surface area contributed by atoms with E-state index in [9.17, 15) is 9.59 Å².